The second kappa shape index (κ2) is 9.90. The molecule has 1 aliphatic rings. The van der Waals surface area contributed by atoms with E-state index >= 15 is 0 Å². The first-order valence-corrected chi connectivity index (χ1v) is 11.3. The van der Waals surface area contributed by atoms with Crippen molar-refractivity contribution >= 4 is 12.1 Å². The van der Waals surface area contributed by atoms with Crippen LogP contribution >= 0.6 is 0 Å². The standard InChI is InChI=1S/C28H29NO4/c1-18(2)15-19-11-13-20(14-12-19)26(16-27(30)31)29-28(32)33-17-25-23-9-5-3-7-21(23)22-8-4-6-10-24(22)25/h3-14,18,25-26H,15-17H2,1-2H3,(H,29,32)(H,30,31)/p-1/t26-/m0/s1. The number of aliphatic carboxylic acids is 1. The van der Waals surface area contributed by atoms with Gasteiger partial charge in [0.2, 0.25) is 0 Å². The predicted molar refractivity (Wildman–Crippen MR) is 126 cm³/mol. The normalized spacial score (nSPS) is 13.3. The highest BCUT2D eigenvalue weighted by atomic mass is 16.5. The smallest absolute Gasteiger partial charge is 0.407 e. The first-order valence-electron chi connectivity index (χ1n) is 11.3. The number of carbonyl (C=O) groups excluding carboxylic acids is 2. The fraction of sp³-hybridized carbons (Fsp3) is 0.286. The average molecular weight is 443 g/mol. The Morgan fingerprint density at radius 3 is 2.03 bits per heavy atom. The van der Waals surface area contributed by atoms with E-state index in [4.69, 9.17) is 4.74 Å². The Bertz CT molecular complexity index is 1090. The molecule has 3 aromatic rings. The minimum Gasteiger partial charge on any atom is -0.550 e. The van der Waals surface area contributed by atoms with E-state index in [9.17, 15) is 14.7 Å². The van der Waals surface area contributed by atoms with Crippen molar-refractivity contribution in [2.45, 2.75) is 38.6 Å². The SMILES string of the molecule is CC(C)Cc1ccc([C@H](CC(=O)[O-])NC(=O)OCC2c3ccccc3-c3ccccc32)cc1. The monoisotopic (exact) mass is 442 g/mol. The molecule has 0 saturated heterocycles. The number of alkyl carbamates (subject to hydrolysis) is 1. The molecular weight excluding hydrogens is 414 g/mol. The van der Waals surface area contributed by atoms with Crippen molar-refractivity contribution in [2.75, 3.05) is 6.61 Å². The minimum atomic E-state index is -1.23. The van der Waals surface area contributed by atoms with E-state index in [1.807, 2.05) is 48.5 Å². The predicted octanol–water partition coefficient (Wildman–Crippen LogP) is 4.60. The molecule has 5 heteroatoms. The topological polar surface area (TPSA) is 78.5 Å². The Morgan fingerprint density at radius 1 is 0.909 bits per heavy atom. The van der Waals surface area contributed by atoms with Gasteiger partial charge in [-0.25, -0.2) is 4.79 Å². The third-order valence-corrected chi connectivity index (χ3v) is 6.03. The highest BCUT2D eigenvalue weighted by Crippen LogP contribution is 2.44. The lowest BCUT2D eigenvalue weighted by molar-refractivity contribution is -0.306. The molecule has 0 spiro atoms. The molecule has 0 saturated carbocycles. The molecule has 3 aromatic carbocycles. The molecule has 1 N–H and O–H groups in total. The van der Waals surface area contributed by atoms with Crippen molar-refractivity contribution in [3.05, 3.63) is 95.1 Å². The van der Waals surface area contributed by atoms with Crippen molar-refractivity contribution in [3.8, 4) is 11.1 Å². The summed E-state index contributed by atoms with van der Waals surface area (Å²) in [5, 5.41) is 14.0. The van der Waals surface area contributed by atoms with Gasteiger partial charge in [0.25, 0.3) is 0 Å². The van der Waals surface area contributed by atoms with Crippen molar-refractivity contribution < 1.29 is 19.4 Å². The average Bonchev–Trinajstić information content (AvgIpc) is 3.11. The van der Waals surface area contributed by atoms with Crippen LogP contribution in [0.1, 0.15) is 54.5 Å². The Morgan fingerprint density at radius 2 is 1.48 bits per heavy atom. The molecule has 0 heterocycles. The van der Waals surface area contributed by atoms with Crippen LogP contribution in [0.25, 0.3) is 11.1 Å². The van der Waals surface area contributed by atoms with E-state index in [-0.39, 0.29) is 18.9 Å². The maximum absolute atomic E-state index is 12.7. The molecule has 170 valence electrons. The lowest BCUT2D eigenvalue weighted by Crippen LogP contribution is -2.35. The van der Waals surface area contributed by atoms with E-state index in [1.54, 1.807) is 0 Å². The van der Waals surface area contributed by atoms with Crippen molar-refractivity contribution in [1.82, 2.24) is 5.32 Å². The summed E-state index contributed by atoms with van der Waals surface area (Å²) in [5.41, 5.74) is 6.43. The second-order valence-electron chi connectivity index (χ2n) is 8.94. The van der Waals surface area contributed by atoms with Crippen molar-refractivity contribution in [2.24, 2.45) is 5.92 Å². The van der Waals surface area contributed by atoms with Crippen molar-refractivity contribution in [1.29, 1.82) is 0 Å². The fourth-order valence-electron chi connectivity index (χ4n) is 4.56. The number of carboxylic acid groups (broad SMARTS) is 1. The van der Waals surface area contributed by atoms with E-state index in [2.05, 4.69) is 43.4 Å². The molecule has 0 bridgehead atoms. The van der Waals surface area contributed by atoms with Gasteiger partial charge in [0.05, 0.1) is 6.04 Å². The summed E-state index contributed by atoms with van der Waals surface area (Å²) in [7, 11) is 0. The van der Waals surface area contributed by atoms with Crippen LogP contribution in [0.4, 0.5) is 4.79 Å². The summed E-state index contributed by atoms with van der Waals surface area (Å²) in [6.45, 7) is 4.46. The van der Waals surface area contributed by atoms with E-state index in [0.717, 1.165) is 28.7 Å². The lowest BCUT2D eigenvalue weighted by atomic mass is 9.98. The first kappa shape index (κ1) is 22.6. The van der Waals surface area contributed by atoms with Gasteiger partial charge in [-0.15, -0.1) is 0 Å². The number of nitrogens with one attached hydrogen (secondary N) is 1. The molecule has 4 rings (SSSR count). The van der Waals surface area contributed by atoms with Gasteiger partial charge in [-0.1, -0.05) is 86.6 Å². The van der Waals surface area contributed by atoms with Crippen LogP contribution in [0.15, 0.2) is 72.8 Å². The van der Waals surface area contributed by atoms with Gasteiger partial charge in [0.15, 0.2) is 0 Å². The fourth-order valence-corrected chi connectivity index (χ4v) is 4.56. The van der Waals surface area contributed by atoms with Crippen LogP contribution in [0.2, 0.25) is 0 Å². The number of ether oxygens (including phenoxy) is 1. The summed E-state index contributed by atoms with van der Waals surface area (Å²) in [5.74, 6) is -0.767. The summed E-state index contributed by atoms with van der Waals surface area (Å²) in [6, 6.07) is 23.2. The number of hydrogen-bond acceptors (Lipinski definition) is 4. The Labute approximate surface area is 194 Å². The highest BCUT2D eigenvalue weighted by molar-refractivity contribution is 5.79. The van der Waals surface area contributed by atoms with E-state index in [1.165, 1.54) is 5.56 Å². The lowest BCUT2D eigenvalue weighted by Gasteiger charge is -2.21. The van der Waals surface area contributed by atoms with Gasteiger partial charge in [0, 0.05) is 18.3 Å². The van der Waals surface area contributed by atoms with Crippen LogP contribution in [0, 0.1) is 5.92 Å². The number of amides is 1. The van der Waals surface area contributed by atoms with Gasteiger partial charge < -0.3 is 20.0 Å². The zero-order chi connectivity index (χ0) is 23.4. The first-order chi connectivity index (χ1) is 15.9. The van der Waals surface area contributed by atoms with Crippen LogP contribution in [-0.4, -0.2) is 18.7 Å². The summed E-state index contributed by atoms with van der Waals surface area (Å²) in [4.78, 5) is 24.0. The van der Waals surface area contributed by atoms with E-state index < -0.39 is 18.1 Å². The zero-order valence-electron chi connectivity index (χ0n) is 18.9. The minimum absolute atomic E-state index is 0.0574. The van der Waals surface area contributed by atoms with Crippen LogP contribution in [0.3, 0.4) is 0 Å². The molecule has 5 nitrogen and oxygen atoms in total. The van der Waals surface area contributed by atoms with Crippen LogP contribution in [-0.2, 0) is 16.0 Å². The number of carbonyl (C=O) groups is 2. The number of carboxylic acids is 1. The molecule has 0 fully saturated rings. The van der Waals surface area contributed by atoms with Crippen LogP contribution < -0.4 is 10.4 Å². The number of hydrogen-bond donors (Lipinski definition) is 1. The molecule has 1 aliphatic carbocycles. The van der Waals surface area contributed by atoms with Gasteiger partial charge in [-0.05, 0) is 45.7 Å². The van der Waals surface area contributed by atoms with Gasteiger partial charge >= 0.3 is 6.09 Å². The summed E-state index contributed by atoms with van der Waals surface area (Å²) in [6.07, 6.45) is -0.0340. The van der Waals surface area contributed by atoms with Gasteiger partial charge in [0.1, 0.15) is 6.61 Å². The van der Waals surface area contributed by atoms with Crippen molar-refractivity contribution in [3.63, 3.8) is 0 Å². The number of fused-ring (bicyclic) bond motifs is 3. The second-order valence-corrected chi connectivity index (χ2v) is 8.94. The van der Waals surface area contributed by atoms with Gasteiger partial charge in [-0.2, -0.15) is 0 Å². The molecule has 0 aromatic heterocycles. The molecule has 0 unspecified atom stereocenters. The Balaban J connectivity index is 1.45. The summed E-state index contributed by atoms with van der Waals surface area (Å²) >= 11 is 0. The molecule has 1 atom stereocenters. The molecule has 0 aliphatic heterocycles. The zero-order valence-corrected chi connectivity index (χ0v) is 18.9. The molecule has 0 radical (unpaired) electrons. The third kappa shape index (κ3) is 5.25. The largest absolute Gasteiger partial charge is 0.550 e. The maximum Gasteiger partial charge on any atom is 0.407 e. The van der Waals surface area contributed by atoms with E-state index in [0.29, 0.717) is 11.5 Å². The molecular formula is C28H28NO4-. The Hall–Kier alpha value is -3.60. The summed E-state index contributed by atoms with van der Waals surface area (Å²) < 4.78 is 5.59. The van der Waals surface area contributed by atoms with Gasteiger partial charge in [-0.3, -0.25) is 0 Å². The Kier molecular flexibility index (Phi) is 6.78. The quantitative estimate of drug-likeness (QED) is 0.553. The van der Waals surface area contributed by atoms with Crippen LogP contribution in [0.5, 0.6) is 0 Å². The molecule has 33 heavy (non-hydrogen) atoms. The number of rotatable bonds is 8. The third-order valence-electron chi connectivity index (χ3n) is 6.03. The maximum atomic E-state index is 12.7. The highest BCUT2D eigenvalue weighted by Gasteiger charge is 2.29. The number of benzene rings is 3. The molecule has 1 amide bonds.